The number of hydrogen-bond donors (Lipinski definition) is 1. The first-order valence-electron chi connectivity index (χ1n) is 5.10. The van der Waals surface area contributed by atoms with Crippen molar-refractivity contribution in [1.29, 1.82) is 0 Å². The van der Waals surface area contributed by atoms with Crippen molar-refractivity contribution >= 4 is 27.3 Å². The van der Waals surface area contributed by atoms with E-state index < -0.39 is 16.0 Å². The van der Waals surface area contributed by atoms with Crippen molar-refractivity contribution in [3.8, 4) is 0 Å². The van der Waals surface area contributed by atoms with Crippen LogP contribution in [-0.2, 0) is 14.8 Å². The second kappa shape index (κ2) is 5.79. The Morgan fingerprint density at radius 1 is 1.61 bits per heavy atom. The molecule has 1 rings (SSSR count). The molecule has 0 radical (unpaired) electrons. The average molecular weight is 293 g/mol. The number of carboxylic acids is 1. The predicted octanol–water partition coefficient (Wildman–Crippen LogP) is 1.10. The molecule has 0 aliphatic carbocycles. The third-order valence-electron chi connectivity index (χ3n) is 2.40. The number of ether oxygens (including phenoxy) is 1. The summed E-state index contributed by atoms with van der Waals surface area (Å²) >= 11 is 0.897. The molecular formula is C10H15NO5S2. The molecule has 0 bridgehead atoms. The lowest BCUT2D eigenvalue weighted by Gasteiger charge is -2.19. The minimum Gasteiger partial charge on any atom is -0.478 e. The highest BCUT2D eigenvalue weighted by Crippen LogP contribution is 2.23. The monoisotopic (exact) mass is 293 g/mol. The molecule has 0 aliphatic heterocycles. The van der Waals surface area contributed by atoms with Crippen molar-refractivity contribution in [3.63, 3.8) is 0 Å². The first kappa shape index (κ1) is 15.1. The van der Waals surface area contributed by atoms with Crippen LogP contribution in [0, 0.1) is 0 Å². The normalized spacial score (nSPS) is 13.8. The van der Waals surface area contributed by atoms with E-state index in [4.69, 9.17) is 9.84 Å². The van der Waals surface area contributed by atoms with Crippen molar-refractivity contribution in [2.45, 2.75) is 17.2 Å². The zero-order valence-corrected chi connectivity index (χ0v) is 11.9. The molecule has 18 heavy (non-hydrogen) atoms. The fraction of sp³-hybridized carbons (Fsp3) is 0.500. The maximum absolute atomic E-state index is 12.1. The lowest BCUT2D eigenvalue weighted by molar-refractivity contribution is 0.0697. The Kier molecular flexibility index (Phi) is 4.85. The maximum atomic E-state index is 12.1. The molecule has 0 aliphatic rings. The molecule has 102 valence electrons. The summed E-state index contributed by atoms with van der Waals surface area (Å²) in [6, 6.07) is 1.16. The van der Waals surface area contributed by atoms with E-state index in [0.29, 0.717) is 0 Å². The number of methoxy groups -OCH3 is 1. The molecule has 1 aromatic rings. The van der Waals surface area contributed by atoms with E-state index in [-0.39, 0.29) is 22.4 Å². The van der Waals surface area contributed by atoms with Gasteiger partial charge in [-0.05, 0) is 13.0 Å². The Bertz CT molecular complexity index is 522. The number of nitrogens with zero attached hydrogens (tertiary/aromatic N) is 1. The minimum atomic E-state index is -3.65. The van der Waals surface area contributed by atoms with Gasteiger partial charge in [-0.2, -0.15) is 4.31 Å². The molecule has 0 fully saturated rings. The summed E-state index contributed by atoms with van der Waals surface area (Å²) in [4.78, 5) is 10.7. The lowest BCUT2D eigenvalue weighted by atomic mass is 10.4. The maximum Gasteiger partial charge on any atom is 0.336 e. The van der Waals surface area contributed by atoms with E-state index in [9.17, 15) is 13.2 Å². The molecule has 1 heterocycles. The van der Waals surface area contributed by atoms with Crippen LogP contribution in [0.4, 0.5) is 0 Å². The number of hydrogen-bond acceptors (Lipinski definition) is 5. The SMILES string of the molecule is COC(C)CN(C)S(=O)(=O)c1cc(C(=O)O)cs1. The summed E-state index contributed by atoms with van der Waals surface area (Å²) in [7, 11) is -0.714. The molecule has 0 spiro atoms. The van der Waals surface area contributed by atoms with E-state index in [1.807, 2.05) is 0 Å². The third kappa shape index (κ3) is 3.29. The van der Waals surface area contributed by atoms with Crippen LogP contribution in [0.25, 0.3) is 0 Å². The molecule has 1 atom stereocenters. The summed E-state index contributed by atoms with van der Waals surface area (Å²) in [6.45, 7) is 1.96. The van der Waals surface area contributed by atoms with Crippen LogP contribution in [0.5, 0.6) is 0 Å². The van der Waals surface area contributed by atoms with Crippen molar-refractivity contribution in [3.05, 3.63) is 17.0 Å². The summed E-state index contributed by atoms with van der Waals surface area (Å²) in [5.41, 5.74) is -0.0215. The van der Waals surface area contributed by atoms with E-state index in [1.165, 1.54) is 19.5 Å². The molecule has 1 aromatic heterocycles. The molecule has 1 N–H and O–H groups in total. The molecule has 8 heteroatoms. The number of carbonyl (C=O) groups is 1. The molecular weight excluding hydrogens is 278 g/mol. The van der Waals surface area contributed by atoms with Gasteiger partial charge in [-0.15, -0.1) is 11.3 Å². The van der Waals surface area contributed by atoms with Crippen molar-refractivity contribution in [1.82, 2.24) is 4.31 Å². The fourth-order valence-electron chi connectivity index (χ4n) is 1.25. The Hall–Kier alpha value is -0.960. The minimum absolute atomic E-state index is 0.0192. The predicted molar refractivity (Wildman–Crippen MR) is 67.6 cm³/mol. The van der Waals surface area contributed by atoms with Gasteiger partial charge in [-0.3, -0.25) is 0 Å². The largest absolute Gasteiger partial charge is 0.478 e. The quantitative estimate of drug-likeness (QED) is 0.849. The van der Waals surface area contributed by atoms with Gasteiger partial charge in [0.1, 0.15) is 4.21 Å². The summed E-state index contributed by atoms with van der Waals surface area (Å²) in [5.74, 6) is -1.14. The van der Waals surface area contributed by atoms with Crippen LogP contribution in [0.3, 0.4) is 0 Å². The molecule has 0 amide bonds. The Labute approximate surface area is 110 Å². The van der Waals surface area contributed by atoms with Crippen LogP contribution in [0.1, 0.15) is 17.3 Å². The molecule has 0 saturated heterocycles. The van der Waals surface area contributed by atoms with Gasteiger partial charge in [0.05, 0.1) is 11.7 Å². The Morgan fingerprint density at radius 2 is 2.22 bits per heavy atom. The highest BCUT2D eigenvalue weighted by Gasteiger charge is 2.25. The van der Waals surface area contributed by atoms with Gasteiger partial charge in [-0.25, -0.2) is 13.2 Å². The van der Waals surface area contributed by atoms with E-state index in [0.717, 1.165) is 21.7 Å². The smallest absolute Gasteiger partial charge is 0.336 e. The van der Waals surface area contributed by atoms with Crippen molar-refractivity contribution in [2.24, 2.45) is 0 Å². The zero-order valence-electron chi connectivity index (χ0n) is 10.3. The number of aromatic carboxylic acids is 1. The van der Waals surface area contributed by atoms with Gasteiger partial charge in [0, 0.05) is 26.1 Å². The first-order chi connectivity index (χ1) is 8.28. The summed E-state index contributed by atoms with van der Waals surface area (Å²) in [5, 5.41) is 10.1. The van der Waals surface area contributed by atoms with Gasteiger partial charge >= 0.3 is 5.97 Å². The second-order valence-electron chi connectivity index (χ2n) is 3.79. The molecule has 1 unspecified atom stereocenters. The third-order valence-corrected chi connectivity index (χ3v) is 5.64. The van der Waals surface area contributed by atoms with Crippen LogP contribution < -0.4 is 0 Å². The van der Waals surface area contributed by atoms with Gasteiger partial charge in [0.25, 0.3) is 10.0 Å². The van der Waals surface area contributed by atoms with Gasteiger partial charge in [-0.1, -0.05) is 0 Å². The topological polar surface area (TPSA) is 83.9 Å². The first-order valence-corrected chi connectivity index (χ1v) is 7.42. The van der Waals surface area contributed by atoms with E-state index in [2.05, 4.69) is 0 Å². The lowest BCUT2D eigenvalue weighted by Crippen LogP contribution is -2.33. The van der Waals surface area contributed by atoms with Gasteiger partial charge < -0.3 is 9.84 Å². The molecule has 0 aromatic carbocycles. The molecule has 6 nitrogen and oxygen atoms in total. The van der Waals surface area contributed by atoms with Crippen molar-refractivity contribution in [2.75, 3.05) is 20.7 Å². The number of thiophene rings is 1. The van der Waals surface area contributed by atoms with Crippen molar-refractivity contribution < 1.29 is 23.1 Å². The van der Waals surface area contributed by atoms with Gasteiger partial charge in [0.2, 0.25) is 0 Å². The van der Waals surface area contributed by atoms with Crippen LogP contribution in [0.2, 0.25) is 0 Å². The zero-order chi connectivity index (χ0) is 13.9. The highest BCUT2D eigenvalue weighted by molar-refractivity contribution is 7.91. The van der Waals surface area contributed by atoms with Crippen LogP contribution in [-0.4, -0.2) is 50.6 Å². The van der Waals surface area contributed by atoms with Crippen LogP contribution >= 0.6 is 11.3 Å². The number of sulfonamides is 1. The Balaban J connectivity index is 2.94. The van der Waals surface area contributed by atoms with E-state index >= 15 is 0 Å². The Morgan fingerprint density at radius 3 is 2.67 bits per heavy atom. The number of carboxylic acid groups (broad SMARTS) is 1. The number of rotatable bonds is 6. The number of likely N-dealkylation sites (N-methyl/N-ethyl adjacent to an activating group) is 1. The average Bonchev–Trinajstić information content (AvgIpc) is 2.78. The summed E-state index contributed by atoms with van der Waals surface area (Å²) < 4.78 is 30.4. The fourth-order valence-corrected chi connectivity index (χ4v) is 3.86. The van der Waals surface area contributed by atoms with Gasteiger partial charge in [0.15, 0.2) is 0 Å². The van der Waals surface area contributed by atoms with E-state index in [1.54, 1.807) is 6.92 Å². The highest BCUT2D eigenvalue weighted by atomic mass is 32.2. The summed E-state index contributed by atoms with van der Waals surface area (Å²) in [6.07, 6.45) is -0.233. The molecule has 0 saturated carbocycles. The van der Waals surface area contributed by atoms with Crippen LogP contribution in [0.15, 0.2) is 15.7 Å². The standard InChI is InChI=1S/C10H15NO5S2/c1-7(16-3)5-11(2)18(14,15)9-4-8(6-17-9)10(12)13/h4,6-7H,5H2,1-3H3,(H,12,13). The second-order valence-corrected chi connectivity index (χ2v) is 6.97.